The van der Waals surface area contributed by atoms with Gasteiger partial charge in [0.05, 0.1) is 25.6 Å². The van der Waals surface area contributed by atoms with Gasteiger partial charge < -0.3 is 91.2 Å². The zero-order chi connectivity index (χ0) is 62.2. The number of nitrogens with zero attached hydrogens (tertiary/aromatic N) is 1. The molecule has 0 aromatic heterocycles. The zero-order valence-corrected chi connectivity index (χ0v) is 47.8. The lowest BCUT2D eigenvalue weighted by molar-refractivity contribution is -0.141. The minimum absolute atomic E-state index is 0.00761. The number of amides is 9. The van der Waals surface area contributed by atoms with Crippen molar-refractivity contribution in [2.45, 2.75) is 139 Å². The number of benzene rings is 2. The van der Waals surface area contributed by atoms with Crippen LogP contribution in [0.1, 0.15) is 83.3 Å². The summed E-state index contributed by atoms with van der Waals surface area (Å²) in [5, 5.41) is 61.4. The molecule has 2 aromatic rings. The molecule has 0 radical (unpaired) electrons. The van der Waals surface area contributed by atoms with Crippen LogP contribution in [0.3, 0.4) is 0 Å². The minimum atomic E-state index is -1.97. The zero-order valence-electron chi connectivity index (χ0n) is 47.0. The van der Waals surface area contributed by atoms with Gasteiger partial charge >= 0.3 is 11.9 Å². The molecule has 0 heterocycles. The van der Waals surface area contributed by atoms with Crippen molar-refractivity contribution in [3.05, 3.63) is 65.7 Å². The van der Waals surface area contributed by atoms with Crippen LogP contribution in [-0.4, -0.2) is 184 Å². The van der Waals surface area contributed by atoms with E-state index in [0.717, 1.165) is 0 Å². The van der Waals surface area contributed by atoms with Gasteiger partial charge in [0.15, 0.2) is 5.96 Å². The van der Waals surface area contributed by atoms with Crippen LogP contribution >= 0.6 is 11.8 Å². The quantitative estimate of drug-likeness (QED) is 0.0173. The van der Waals surface area contributed by atoms with E-state index >= 15 is 0 Å². The molecule has 460 valence electrons. The first-order valence-corrected chi connectivity index (χ1v) is 28.2. The van der Waals surface area contributed by atoms with Gasteiger partial charge in [-0.05, 0) is 99.6 Å². The molecule has 2 rings (SSSR count). The molecule has 9 amide bonds. The van der Waals surface area contributed by atoms with E-state index < -0.39 is 139 Å². The number of carbonyl (C=O) groups excluding carboxylic acids is 9. The third kappa shape index (κ3) is 28.0. The molecule has 30 heteroatoms. The fourth-order valence-electron chi connectivity index (χ4n) is 7.90. The number of phenolic OH excluding ortho intramolecular Hbond substituents is 1. The van der Waals surface area contributed by atoms with Crippen LogP contribution in [0.2, 0.25) is 0 Å². The maximum Gasteiger partial charge on any atom is 0.326 e. The molecule has 0 saturated heterocycles. The van der Waals surface area contributed by atoms with Gasteiger partial charge in [0.1, 0.15) is 54.1 Å². The van der Waals surface area contributed by atoms with Crippen LogP contribution in [0.25, 0.3) is 0 Å². The first-order chi connectivity index (χ1) is 39.3. The van der Waals surface area contributed by atoms with Crippen LogP contribution < -0.4 is 70.8 Å². The molecule has 0 aliphatic heterocycles. The maximum atomic E-state index is 14.5. The molecule has 0 aliphatic carbocycles. The second-order valence-electron chi connectivity index (χ2n) is 19.9. The number of unbranched alkanes of at least 4 members (excludes halogenated alkanes) is 1. The molecule has 0 saturated carbocycles. The molecule has 0 aliphatic rings. The summed E-state index contributed by atoms with van der Waals surface area (Å²) in [6.45, 7) is 3.15. The van der Waals surface area contributed by atoms with Crippen molar-refractivity contribution in [1.82, 2.24) is 47.9 Å². The number of carbonyl (C=O) groups is 11. The fourth-order valence-corrected chi connectivity index (χ4v) is 8.39. The summed E-state index contributed by atoms with van der Waals surface area (Å²) >= 11 is 1.49. The fraction of sp³-hybridized carbons (Fsp3) is 0.547. The standard InChI is InChI=1S/C53H82N14O15S/c1-29(2)23-37(64-50(79)38(24-32-15-17-33(69)18-16-32)65-47(76)35(13-8-9-20-54)62-44(73)30(3)60-45(74)34(55)19-22-83-4)49(78)63-36(14-10-21-58-53(56)57)48(77)66-39(26-43(71)72)51(80)67-41(28-68)46(75)59-27-42(70)61-40(52(81)82)25-31-11-6-5-7-12-31/h5-7,11-12,15-18,29-30,34-41,68-69H,8-10,13-14,19-28,54-55H2,1-4H3,(H,59,75)(H,60,74)(H,61,70)(H,62,73)(H,63,78)(H,64,79)(H,65,76)(H,66,77)(H,67,80)(H,71,72)(H,81,82)(H4,56,57,58)/t30-,34-,35-,36-,37-,38-,39-,40-,41-/m0/s1. The van der Waals surface area contributed by atoms with Crippen molar-refractivity contribution >= 4 is 82.8 Å². The summed E-state index contributed by atoms with van der Waals surface area (Å²) in [5.74, 6) is -11.6. The van der Waals surface area contributed by atoms with E-state index in [1.807, 2.05) is 6.26 Å². The Labute approximate surface area is 485 Å². The van der Waals surface area contributed by atoms with Crippen LogP contribution in [0, 0.1) is 5.92 Å². The Kier molecular flexibility index (Phi) is 32.4. The van der Waals surface area contributed by atoms with Crippen molar-refractivity contribution in [2.24, 2.45) is 33.8 Å². The average Bonchev–Trinajstić information content (AvgIpc) is 3.43. The smallest absolute Gasteiger partial charge is 0.326 e. The Bertz CT molecular complexity index is 2510. The summed E-state index contributed by atoms with van der Waals surface area (Å²) in [6.07, 6.45) is 1.38. The van der Waals surface area contributed by atoms with Gasteiger partial charge in [-0.25, -0.2) is 4.79 Å². The van der Waals surface area contributed by atoms with Crippen molar-refractivity contribution < 1.29 is 73.2 Å². The molecule has 0 bridgehead atoms. The molecule has 21 N–H and O–H groups in total. The molecule has 0 spiro atoms. The average molecular weight is 1190 g/mol. The number of carboxylic acid groups (broad SMARTS) is 2. The lowest BCUT2D eigenvalue weighted by Gasteiger charge is -2.28. The highest BCUT2D eigenvalue weighted by Crippen LogP contribution is 2.14. The summed E-state index contributed by atoms with van der Waals surface area (Å²) in [6, 6.07) is 1.09. The summed E-state index contributed by atoms with van der Waals surface area (Å²) in [5.41, 5.74) is 23.7. The van der Waals surface area contributed by atoms with Crippen LogP contribution in [0.15, 0.2) is 59.6 Å². The molecular formula is C53H82N14O15S. The van der Waals surface area contributed by atoms with Crippen molar-refractivity contribution in [1.29, 1.82) is 0 Å². The van der Waals surface area contributed by atoms with Crippen molar-refractivity contribution in [3.63, 3.8) is 0 Å². The predicted octanol–water partition coefficient (Wildman–Crippen LogP) is -3.95. The number of hydrogen-bond donors (Lipinski definition) is 17. The van der Waals surface area contributed by atoms with E-state index in [2.05, 4.69) is 52.8 Å². The Hall–Kier alpha value is -8.09. The number of aliphatic carboxylic acids is 2. The first-order valence-electron chi connectivity index (χ1n) is 26.9. The van der Waals surface area contributed by atoms with Gasteiger partial charge in [-0.1, -0.05) is 56.3 Å². The Morgan fingerprint density at radius 2 is 1.10 bits per heavy atom. The third-order valence-electron chi connectivity index (χ3n) is 12.4. The number of nitrogens with two attached hydrogens (primary N) is 4. The molecule has 29 nitrogen and oxygen atoms in total. The van der Waals surface area contributed by atoms with E-state index in [-0.39, 0.29) is 69.2 Å². The normalized spacial score (nSPS) is 14.2. The highest BCUT2D eigenvalue weighted by Gasteiger charge is 2.35. The van der Waals surface area contributed by atoms with Gasteiger partial charge in [0, 0.05) is 19.4 Å². The monoisotopic (exact) mass is 1190 g/mol. The van der Waals surface area contributed by atoms with E-state index in [1.54, 1.807) is 44.2 Å². The van der Waals surface area contributed by atoms with Gasteiger partial charge in [-0.2, -0.15) is 11.8 Å². The number of hydrogen-bond acceptors (Lipinski definition) is 17. The molecule has 0 unspecified atom stereocenters. The van der Waals surface area contributed by atoms with Crippen LogP contribution in [-0.2, 0) is 65.6 Å². The van der Waals surface area contributed by atoms with E-state index in [1.165, 1.54) is 43.0 Å². The Balaban J connectivity index is 2.41. The van der Waals surface area contributed by atoms with Crippen LogP contribution in [0.5, 0.6) is 5.75 Å². The number of guanidine groups is 1. The predicted molar refractivity (Wildman–Crippen MR) is 306 cm³/mol. The van der Waals surface area contributed by atoms with Gasteiger partial charge in [0.25, 0.3) is 0 Å². The summed E-state index contributed by atoms with van der Waals surface area (Å²) < 4.78 is 0. The number of nitrogens with one attached hydrogen (secondary N) is 9. The maximum absolute atomic E-state index is 14.5. The Morgan fingerprint density at radius 1 is 0.578 bits per heavy atom. The van der Waals surface area contributed by atoms with E-state index in [9.17, 15) is 73.2 Å². The number of rotatable bonds is 39. The second-order valence-corrected chi connectivity index (χ2v) is 20.9. The number of aliphatic hydroxyl groups is 1. The topological polar surface area (TPSA) is 493 Å². The Morgan fingerprint density at radius 3 is 1.66 bits per heavy atom. The molecule has 83 heavy (non-hydrogen) atoms. The number of thioether (sulfide) groups is 1. The number of phenols is 1. The van der Waals surface area contributed by atoms with Crippen molar-refractivity contribution in [2.75, 3.05) is 38.2 Å². The molecule has 9 atom stereocenters. The minimum Gasteiger partial charge on any atom is -0.508 e. The first kappa shape index (κ1) is 71.0. The molecule has 2 aromatic carbocycles. The highest BCUT2D eigenvalue weighted by molar-refractivity contribution is 7.98. The molecular weight excluding hydrogens is 1100 g/mol. The summed E-state index contributed by atoms with van der Waals surface area (Å²) in [4.78, 5) is 151. The lowest BCUT2D eigenvalue weighted by Crippen LogP contribution is -2.61. The highest BCUT2D eigenvalue weighted by atomic mass is 32.2. The second kappa shape index (κ2) is 37.8. The largest absolute Gasteiger partial charge is 0.508 e. The van der Waals surface area contributed by atoms with Gasteiger partial charge in [0.2, 0.25) is 53.2 Å². The number of aliphatic imine (C=N–C) groups is 1. The van der Waals surface area contributed by atoms with Crippen LogP contribution in [0.4, 0.5) is 0 Å². The third-order valence-corrected chi connectivity index (χ3v) is 13.0. The number of aliphatic hydroxyl groups excluding tert-OH is 1. The number of carboxylic acids is 2. The van der Waals surface area contributed by atoms with Crippen molar-refractivity contribution in [3.8, 4) is 5.75 Å². The van der Waals surface area contributed by atoms with E-state index in [0.29, 0.717) is 36.1 Å². The molecule has 0 fully saturated rings. The lowest BCUT2D eigenvalue weighted by atomic mass is 9.99. The van der Waals surface area contributed by atoms with Gasteiger partial charge in [-0.3, -0.25) is 52.9 Å². The van der Waals surface area contributed by atoms with E-state index in [4.69, 9.17) is 22.9 Å². The summed E-state index contributed by atoms with van der Waals surface area (Å²) in [7, 11) is 0. The number of aromatic hydroxyl groups is 1. The SMILES string of the molecule is CSCC[C@H](N)C(=O)N[C@@H](C)C(=O)N[C@@H](CCCCN)C(=O)N[C@@H](Cc1ccc(O)cc1)C(=O)N[C@@H](CC(C)C)C(=O)N[C@@H](CCCN=C(N)N)C(=O)N[C@@H](CC(=O)O)C(=O)N[C@@H](CO)C(=O)NCC(=O)N[C@@H](Cc1ccccc1)C(=O)O. The van der Waals surface area contributed by atoms with Gasteiger partial charge in [-0.15, -0.1) is 0 Å².